The van der Waals surface area contributed by atoms with Crippen LogP contribution in [0.4, 0.5) is 4.39 Å². The number of halogens is 1. The fraction of sp³-hybridized carbons (Fsp3) is 0.286. The number of aliphatic carboxylic acids is 1. The van der Waals surface area contributed by atoms with Crippen LogP contribution in [-0.2, 0) is 14.8 Å². The number of sulfonamides is 1. The quantitative estimate of drug-likeness (QED) is 0.743. The van der Waals surface area contributed by atoms with Gasteiger partial charge in [0.25, 0.3) is 0 Å². The number of rotatable bonds is 7. The summed E-state index contributed by atoms with van der Waals surface area (Å²) in [5.74, 6) is -1.73. The van der Waals surface area contributed by atoms with Crippen LogP contribution in [-0.4, -0.2) is 35.8 Å². The van der Waals surface area contributed by atoms with Crippen molar-refractivity contribution in [3.05, 3.63) is 42.0 Å². The Balaban J connectivity index is 2.14. The number of hydrogen-bond donors (Lipinski definition) is 2. The van der Waals surface area contributed by atoms with E-state index >= 15 is 0 Å². The summed E-state index contributed by atoms with van der Waals surface area (Å²) in [5, 5.41) is 12.5. The molecule has 0 spiro atoms. The summed E-state index contributed by atoms with van der Waals surface area (Å²) in [6.45, 7) is 1.78. The summed E-state index contributed by atoms with van der Waals surface area (Å²) in [4.78, 5) is 10.2. The molecule has 0 saturated heterocycles. The van der Waals surface area contributed by atoms with Crippen molar-refractivity contribution in [1.29, 1.82) is 0 Å². The number of hydrogen-bond acceptors (Lipinski definition) is 4. The zero-order valence-electron chi connectivity index (χ0n) is 12.4. The predicted molar refractivity (Wildman–Crippen MR) is 80.3 cm³/mol. The van der Waals surface area contributed by atoms with Gasteiger partial charge in [-0.25, -0.2) is 22.2 Å². The van der Waals surface area contributed by atoms with Crippen molar-refractivity contribution in [3.8, 4) is 5.69 Å². The average Bonchev–Trinajstić information content (AvgIpc) is 2.89. The number of nitrogens with one attached hydrogen (secondary N) is 1. The van der Waals surface area contributed by atoms with Crippen molar-refractivity contribution >= 4 is 16.0 Å². The van der Waals surface area contributed by atoms with Crippen molar-refractivity contribution in [3.63, 3.8) is 0 Å². The molecule has 1 aromatic carbocycles. The first-order valence-corrected chi connectivity index (χ1v) is 8.30. The van der Waals surface area contributed by atoms with Crippen LogP contribution in [0.2, 0.25) is 0 Å². The van der Waals surface area contributed by atoms with Crippen LogP contribution in [0.1, 0.15) is 18.4 Å². The number of aromatic nitrogens is 2. The van der Waals surface area contributed by atoms with E-state index in [4.69, 9.17) is 5.11 Å². The fourth-order valence-corrected chi connectivity index (χ4v) is 3.00. The fourth-order valence-electron chi connectivity index (χ4n) is 1.91. The first-order chi connectivity index (χ1) is 10.8. The zero-order chi connectivity index (χ0) is 17.0. The molecule has 0 amide bonds. The van der Waals surface area contributed by atoms with Gasteiger partial charge in [0.2, 0.25) is 10.0 Å². The lowest BCUT2D eigenvalue weighted by atomic mass is 10.3. The highest BCUT2D eigenvalue weighted by Crippen LogP contribution is 2.18. The highest BCUT2D eigenvalue weighted by molar-refractivity contribution is 7.89. The Bertz CT molecular complexity index is 817. The predicted octanol–water partition coefficient (Wildman–Crippen LogP) is 1.46. The third-order valence-electron chi connectivity index (χ3n) is 3.05. The van der Waals surface area contributed by atoms with Gasteiger partial charge in [0.05, 0.1) is 11.1 Å². The Labute approximate surface area is 132 Å². The van der Waals surface area contributed by atoms with Crippen molar-refractivity contribution in [2.24, 2.45) is 0 Å². The van der Waals surface area contributed by atoms with Crippen molar-refractivity contribution < 1.29 is 22.7 Å². The van der Waals surface area contributed by atoms with Crippen molar-refractivity contribution in [2.45, 2.75) is 24.7 Å². The minimum absolute atomic E-state index is 0.0314. The van der Waals surface area contributed by atoms with Crippen LogP contribution < -0.4 is 4.72 Å². The van der Waals surface area contributed by atoms with Crippen LogP contribution in [0.3, 0.4) is 0 Å². The Morgan fingerprint density at radius 2 is 2.17 bits per heavy atom. The van der Waals surface area contributed by atoms with E-state index in [9.17, 15) is 17.6 Å². The molecule has 2 aromatic rings. The van der Waals surface area contributed by atoms with Gasteiger partial charge >= 0.3 is 5.97 Å². The third-order valence-corrected chi connectivity index (χ3v) is 4.51. The molecule has 9 heteroatoms. The highest BCUT2D eigenvalue weighted by Gasteiger charge is 2.17. The van der Waals surface area contributed by atoms with Crippen LogP contribution in [0.25, 0.3) is 5.69 Å². The van der Waals surface area contributed by atoms with Gasteiger partial charge in [-0.2, -0.15) is 5.10 Å². The highest BCUT2D eigenvalue weighted by atomic mass is 32.2. The average molecular weight is 341 g/mol. The monoisotopic (exact) mass is 341 g/mol. The van der Waals surface area contributed by atoms with E-state index in [1.807, 2.05) is 0 Å². The van der Waals surface area contributed by atoms with Crippen molar-refractivity contribution in [1.82, 2.24) is 14.5 Å². The second kappa shape index (κ2) is 6.88. The number of carboxylic acid groups (broad SMARTS) is 1. The Morgan fingerprint density at radius 1 is 1.43 bits per heavy atom. The Morgan fingerprint density at radius 3 is 2.74 bits per heavy atom. The molecule has 1 aromatic heterocycles. The van der Waals surface area contributed by atoms with E-state index in [0.717, 1.165) is 11.6 Å². The number of nitrogens with zero attached hydrogens (tertiary/aromatic N) is 2. The molecule has 0 aliphatic carbocycles. The molecular formula is C14H16FN3O4S. The lowest BCUT2D eigenvalue weighted by Crippen LogP contribution is -2.25. The lowest BCUT2D eigenvalue weighted by molar-refractivity contribution is -0.137. The van der Waals surface area contributed by atoms with Crippen LogP contribution in [0.5, 0.6) is 0 Å². The van der Waals surface area contributed by atoms with E-state index in [2.05, 4.69) is 9.82 Å². The summed E-state index contributed by atoms with van der Waals surface area (Å²) in [6.07, 6.45) is 3.20. The maximum Gasteiger partial charge on any atom is 0.303 e. The first-order valence-electron chi connectivity index (χ1n) is 6.82. The molecule has 1 heterocycles. The Kier molecular flexibility index (Phi) is 5.12. The second-order valence-corrected chi connectivity index (χ2v) is 6.74. The van der Waals surface area contributed by atoms with E-state index in [1.165, 1.54) is 16.8 Å². The topological polar surface area (TPSA) is 101 Å². The number of carboxylic acids is 1. The molecular weight excluding hydrogens is 325 g/mol. The second-order valence-electron chi connectivity index (χ2n) is 4.97. The summed E-state index contributed by atoms with van der Waals surface area (Å²) in [5.41, 5.74) is 0.990. The molecule has 7 nitrogen and oxygen atoms in total. The normalized spacial score (nSPS) is 11.6. The molecule has 0 fully saturated rings. The van der Waals surface area contributed by atoms with Crippen LogP contribution >= 0.6 is 0 Å². The van der Waals surface area contributed by atoms with Gasteiger partial charge in [0.15, 0.2) is 0 Å². The van der Waals surface area contributed by atoms with E-state index in [0.29, 0.717) is 0 Å². The number of aryl methyl sites for hydroxylation is 1. The van der Waals surface area contributed by atoms with Gasteiger partial charge in [0.1, 0.15) is 11.5 Å². The summed E-state index contributed by atoms with van der Waals surface area (Å²) in [6, 6.07) is 3.51. The molecule has 0 aliphatic rings. The van der Waals surface area contributed by atoms with Gasteiger partial charge in [-0.1, -0.05) is 0 Å². The van der Waals surface area contributed by atoms with Crippen molar-refractivity contribution in [2.75, 3.05) is 6.54 Å². The van der Waals surface area contributed by atoms with Gasteiger partial charge in [-0.15, -0.1) is 0 Å². The molecule has 124 valence electrons. The number of carbonyl (C=O) groups is 1. The standard InChI is InChI=1S/C14H16FN3O4S/c1-10-8-16-18(9-10)13-5-4-11(7-12(13)15)23(21,22)17-6-2-3-14(19)20/h4-5,7-9,17H,2-3,6H2,1H3,(H,19,20). The maximum absolute atomic E-state index is 14.1. The SMILES string of the molecule is Cc1cnn(-c2ccc(S(=O)(=O)NCCCC(=O)O)cc2F)c1. The zero-order valence-corrected chi connectivity index (χ0v) is 13.2. The molecule has 23 heavy (non-hydrogen) atoms. The third kappa shape index (κ3) is 4.36. The summed E-state index contributed by atoms with van der Waals surface area (Å²) >= 11 is 0. The molecule has 0 unspecified atom stereocenters. The lowest BCUT2D eigenvalue weighted by Gasteiger charge is -2.08. The first kappa shape index (κ1) is 17.1. The molecule has 0 radical (unpaired) electrons. The van der Waals surface area contributed by atoms with Gasteiger partial charge in [-0.3, -0.25) is 4.79 Å². The van der Waals surface area contributed by atoms with E-state index < -0.39 is 21.8 Å². The minimum Gasteiger partial charge on any atom is -0.481 e. The van der Waals surface area contributed by atoms with E-state index in [1.54, 1.807) is 19.3 Å². The molecule has 2 rings (SSSR count). The largest absolute Gasteiger partial charge is 0.481 e. The van der Waals surface area contributed by atoms with Crippen LogP contribution in [0.15, 0.2) is 35.5 Å². The maximum atomic E-state index is 14.1. The molecule has 0 aliphatic heterocycles. The van der Waals surface area contributed by atoms with Gasteiger partial charge in [0, 0.05) is 19.2 Å². The molecule has 2 N–H and O–H groups in total. The summed E-state index contributed by atoms with van der Waals surface area (Å²) < 4.78 is 41.8. The Hall–Kier alpha value is -2.26. The smallest absolute Gasteiger partial charge is 0.303 e. The molecule has 0 atom stereocenters. The van der Waals surface area contributed by atoms with Gasteiger partial charge in [-0.05, 0) is 37.1 Å². The molecule has 0 saturated carbocycles. The number of benzene rings is 1. The minimum atomic E-state index is -3.89. The summed E-state index contributed by atoms with van der Waals surface area (Å²) in [7, 11) is -3.89. The van der Waals surface area contributed by atoms with E-state index in [-0.39, 0.29) is 30.0 Å². The van der Waals surface area contributed by atoms with Gasteiger partial charge < -0.3 is 5.11 Å². The van der Waals surface area contributed by atoms with Crippen LogP contribution in [0, 0.1) is 12.7 Å². The molecule has 0 bridgehead atoms.